The minimum atomic E-state index is -4.04. The van der Waals surface area contributed by atoms with Gasteiger partial charge >= 0.3 is 0 Å². The number of benzene rings is 3. The number of hydrogen-bond acceptors (Lipinski definition) is 5. The van der Waals surface area contributed by atoms with E-state index in [0.29, 0.717) is 20.3 Å². The van der Waals surface area contributed by atoms with Crippen LogP contribution >= 0.6 is 67.8 Å². The summed E-state index contributed by atoms with van der Waals surface area (Å²) in [5, 5.41) is 19.4. The molecule has 3 aromatic carbocycles. The van der Waals surface area contributed by atoms with Crippen LogP contribution in [0.5, 0.6) is 11.5 Å². The molecule has 0 aromatic heterocycles. The molecule has 2 N–H and O–H groups in total. The van der Waals surface area contributed by atoms with Crippen LogP contribution in [0.15, 0.2) is 59.5 Å². The van der Waals surface area contributed by atoms with Crippen molar-refractivity contribution in [2.24, 2.45) is 0 Å². The quantitative estimate of drug-likeness (QED) is 0.222. The maximum atomic E-state index is 13.1. The van der Waals surface area contributed by atoms with Crippen molar-refractivity contribution in [3.8, 4) is 11.5 Å². The number of fused-ring (bicyclic) bond motifs is 1. The van der Waals surface area contributed by atoms with E-state index in [1.807, 2.05) is 28.7 Å². The highest BCUT2D eigenvalue weighted by atomic mass is 127. The van der Waals surface area contributed by atoms with Crippen LogP contribution in [-0.2, 0) is 19.9 Å². The summed E-state index contributed by atoms with van der Waals surface area (Å²) in [5.74, 6) is 0.134. The third kappa shape index (κ3) is 3.13. The maximum Gasteiger partial charge on any atom is 0.300 e. The molecule has 5 nitrogen and oxygen atoms in total. The van der Waals surface area contributed by atoms with Gasteiger partial charge in [0, 0.05) is 16.3 Å². The molecule has 1 aliphatic rings. The Morgan fingerprint density at radius 2 is 1.25 bits per heavy atom. The van der Waals surface area contributed by atoms with E-state index in [9.17, 15) is 18.6 Å². The second-order valence-corrected chi connectivity index (χ2v) is 11.0. The van der Waals surface area contributed by atoms with E-state index in [1.54, 1.807) is 24.3 Å². The molecule has 144 valence electrons. The fraction of sp³-hybridized carbons (Fsp3) is 0.0526. The van der Waals surface area contributed by atoms with Gasteiger partial charge in [0.1, 0.15) is 16.4 Å². The van der Waals surface area contributed by atoms with Crippen molar-refractivity contribution in [2.45, 2.75) is 10.5 Å². The van der Waals surface area contributed by atoms with Gasteiger partial charge in [0.05, 0.1) is 0 Å². The molecule has 0 fully saturated rings. The molecule has 0 radical (unpaired) electrons. The van der Waals surface area contributed by atoms with Gasteiger partial charge < -0.3 is 10.2 Å². The summed E-state index contributed by atoms with van der Waals surface area (Å²) in [7, 11) is -4.04. The summed E-state index contributed by atoms with van der Waals surface area (Å²) in [4.78, 5) is 0.152. The van der Waals surface area contributed by atoms with Crippen LogP contribution in [0.3, 0.4) is 0 Å². The van der Waals surface area contributed by atoms with E-state index in [-0.39, 0.29) is 16.4 Å². The second-order valence-electron chi connectivity index (χ2n) is 6.18. The smallest absolute Gasteiger partial charge is 0.300 e. The molecule has 3 aromatic rings. The molecule has 1 aliphatic heterocycles. The van der Waals surface area contributed by atoms with Gasteiger partial charge in [-0.05, 0) is 109 Å². The Hall–Kier alpha value is -0.640. The lowest BCUT2D eigenvalue weighted by atomic mass is 9.80. The summed E-state index contributed by atoms with van der Waals surface area (Å²) in [6.07, 6.45) is 0. The molecular formula is C19H11I3O5S. The van der Waals surface area contributed by atoms with E-state index >= 15 is 0 Å². The zero-order chi connectivity index (χ0) is 20.3. The predicted octanol–water partition coefficient (Wildman–Crippen LogP) is 4.92. The zero-order valence-corrected chi connectivity index (χ0v) is 21.1. The highest BCUT2D eigenvalue weighted by Gasteiger charge is 2.52. The molecule has 0 amide bonds. The lowest BCUT2D eigenvalue weighted by Crippen LogP contribution is -2.29. The first-order valence-electron chi connectivity index (χ1n) is 7.89. The molecule has 0 bridgehead atoms. The summed E-state index contributed by atoms with van der Waals surface area (Å²) in [6.45, 7) is 0. The molecule has 0 aliphatic carbocycles. The van der Waals surface area contributed by atoms with E-state index in [2.05, 4.69) is 45.2 Å². The van der Waals surface area contributed by atoms with Gasteiger partial charge in [-0.25, -0.2) is 4.18 Å². The average molecular weight is 732 g/mol. The number of rotatable bonds is 2. The van der Waals surface area contributed by atoms with Crippen molar-refractivity contribution in [3.63, 3.8) is 0 Å². The SMILES string of the molecule is O=S1(=O)OC(c2ccc(O)cc2)(c2ccc(O)cc2)c2cc(I)c(I)c(I)c21. The lowest BCUT2D eigenvalue weighted by molar-refractivity contribution is 0.180. The fourth-order valence-corrected chi connectivity index (χ4v) is 7.89. The number of aromatic hydroxyl groups is 2. The summed E-state index contributed by atoms with van der Waals surface area (Å²) in [6, 6.07) is 14.4. The first-order chi connectivity index (χ1) is 13.2. The van der Waals surface area contributed by atoms with Crippen molar-refractivity contribution in [2.75, 3.05) is 0 Å². The van der Waals surface area contributed by atoms with E-state index < -0.39 is 15.7 Å². The Labute approximate surface area is 202 Å². The Morgan fingerprint density at radius 3 is 1.71 bits per heavy atom. The zero-order valence-electron chi connectivity index (χ0n) is 13.9. The highest BCUT2D eigenvalue weighted by Crippen LogP contribution is 2.52. The van der Waals surface area contributed by atoms with Gasteiger partial charge in [0.15, 0.2) is 5.60 Å². The van der Waals surface area contributed by atoms with Crippen LogP contribution in [0.2, 0.25) is 0 Å². The molecule has 4 rings (SSSR count). The molecular weight excluding hydrogens is 721 g/mol. The molecule has 1 heterocycles. The third-order valence-corrected chi connectivity index (χ3v) is 11.4. The first-order valence-corrected chi connectivity index (χ1v) is 12.5. The van der Waals surface area contributed by atoms with Crippen LogP contribution in [0.25, 0.3) is 0 Å². The van der Waals surface area contributed by atoms with Crippen LogP contribution in [0.4, 0.5) is 0 Å². The fourth-order valence-electron chi connectivity index (χ4n) is 3.30. The number of hydrogen-bond donors (Lipinski definition) is 2. The van der Waals surface area contributed by atoms with Crippen LogP contribution in [-0.4, -0.2) is 18.6 Å². The van der Waals surface area contributed by atoms with Gasteiger partial charge in [-0.1, -0.05) is 24.3 Å². The lowest BCUT2D eigenvalue weighted by Gasteiger charge is -2.29. The Morgan fingerprint density at radius 1 is 0.786 bits per heavy atom. The van der Waals surface area contributed by atoms with Crippen molar-refractivity contribution in [1.29, 1.82) is 0 Å². The second kappa shape index (κ2) is 7.25. The van der Waals surface area contributed by atoms with Crippen molar-refractivity contribution < 1.29 is 22.8 Å². The molecule has 0 saturated carbocycles. The van der Waals surface area contributed by atoms with Gasteiger partial charge in [-0.3, -0.25) is 0 Å². The van der Waals surface area contributed by atoms with Gasteiger partial charge in [0.25, 0.3) is 10.1 Å². The van der Waals surface area contributed by atoms with Crippen molar-refractivity contribution in [3.05, 3.63) is 82.0 Å². The minimum Gasteiger partial charge on any atom is -0.508 e. The predicted molar refractivity (Wildman–Crippen MR) is 129 cm³/mol. The van der Waals surface area contributed by atoms with Crippen molar-refractivity contribution in [1.82, 2.24) is 0 Å². The number of halogens is 3. The molecule has 9 heteroatoms. The topological polar surface area (TPSA) is 83.8 Å². The Bertz CT molecular complexity index is 1140. The highest BCUT2D eigenvalue weighted by molar-refractivity contribution is 14.1. The average Bonchev–Trinajstić information content (AvgIpc) is 2.89. The summed E-state index contributed by atoms with van der Waals surface area (Å²) >= 11 is 6.34. The largest absolute Gasteiger partial charge is 0.508 e. The van der Waals surface area contributed by atoms with E-state index in [4.69, 9.17) is 4.18 Å². The van der Waals surface area contributed by atoms with E-state index in [1.165, 1.54) is 24.3 Å². The standard InChI is InChI=1S/C19H11I3O5S/c20-15-9-14-18(17(22)16(15)21)28(25,26)27-19(14,10-1-5-12(23)6-2-10)11-3-7-13(24)8-4-11/h1-9,23-24H. The third-order valence-electron chi connectivity index (χ3n) is 4.53. The van der Waals surface area contributed by atoms with Crippen LogP contribution in [0, 0.1) is 10.7 Å². The van der Waals surface area contributed by atoms with Gasteiger partial charge in [-0.2, -0.15) is 8.42 Å². The van der Waals surface area contributed by atoms with Crippen LogP contribution in [0.1, 0.15) is 16.7 Å². The normalized spacial score (nSPS) is 16.7. The summed E-state index contributed by atoms with van der Waals surface area (Å²) in [5.41, 5.74) is 0.218. The monoisotopic (exact) mass is 732 g/mol. The minimum absolute atomic E-state index is 0.0671. The number of phenolic OH excluding ortho intramolecular Hbond substituents is 2. The molecule has 0 unspecified atom stereocenters. The first kappa shape index (κ1) is 20.6. The summed E-state index contributed by atoms with van der Waals surface area (Å²) < 4.78 is 34.4. The Kier molecular flexibility index (Phi) is 5.34. The molecule has 0 atom stereocenters. The van der Waals surface area contributed by atoms with E-state index in [0.717, 1.165) is 7.14 Å². The molecule has 0 spiro atoms. The van der Waals surface area contributed by atoms with Crippen LogP contribution < -0.4 is 0 Å². The number of phenols is 2. The maximum absolute atomic E-state index is 13.1. The van der Waals surface area contributed by atoms with Gasteiger partial charge in [-0.15, -0.1) is 0 Å². The Balaban J connectivity index is 2.15. The van der Waals surface area contributed by atoms with Gasteiger partial charge in [0.2, 0.25) is 0 Å². The molecule has 28 heavy (non-hydrogen) atoms. The molecule has 0 saturated heterocycles. The van der Waals surface area contributed by atoms with Crippen molar-refractivity contribution >= 4 is 77.9 Å².